The van der Waals surface area contributed by atoms with Crippen LogP contribution in [0.2, 0.25) is 0 Å². The third-order valence-corrected chi connectivity index (χ3v) is 5.27. The van der Waals surface area contributed by atoms with E-state index in [0.29, 0.717) is 19.0 Å². The number of rotatable bonds is 3. The lowest BCUT2D eigenvalue weighted by Gasteiger charge is -2.19. The van der Waals surface area contributed by atoms with Gasteiger partial charge in [-0.15, -0.1) is 11.6 Å². The van der Waals surface area contributed by atoms with Crippen molar-refractivity contribution in [1.82, 2.24) is 9.29 Å². The molecule has 2 heterocycles. The average Bonchev–Trinajstić information content (AvgIpc) is 2.70. The Morgan fingerprint density at radius 3 is 2.61 bits per heavy atom. The zero-order chi connectivity index (χ0) is 13.4. The maximum absolute atomic E-state index is 12.4. The van der Waals surface area contributed by atoms with Crippen LogP contribution in [-0.2, 0) is 15.9 Å². The number of nitrogens with zero attached hydrogens (tertiary/aromatic N) is 2. The number of pyridine rings is 1. The summed E-state index contributed by atoms with van der Waals surface area (Å²) in [6, 6.07) is 3.23. The molecule has 0 aromatic carbocycles. The van der Waals surface area contributed by atoms with E-state index >= 15 is 0 Å². The molecule has 100 valence electrons. The standard InChI is InChI=1S/C12H17ClN2O2S/c1-12(2)5-6-15(9-12)18(16,17)11-4-3-10(7-13)8-14-11/h3-4,8H,5-7,9H2,1-2H3. The second kappa shape index (κ2) is 4.79. The van der Waals surface area contributed by atoms with E-state index in [1.165, 1.54) is 16.6 Å². The Morgan fingerprint density at radius 1 is 1.44 bits per heavy atom. The molecule has 2 rings (SSSR count). The van der Waals surface area contributed by atoms with Gasteiger partial charge in [0.15, 0.2) is 5.03 Å². The van der Waals surface area contributed by atoms with Gasteiger partial charge in [-0.25, -0.2) is 13.4 Å². The Morgan fingerprint density at radius 2 is 2.17 bits per heavy atom. The fourth-order valence-electron chi connectivity index (χ4n) is 2.04. The molecule has 1 fully saturated rings. The van der Waals surface area contributed by atoms with Crippen LogP contribution in [0, 0.1) is 5.41 Å². The van der Waals surface area contributed by atoms with Crippen LogP contribution in [0.15, 0.2) is 23.4 Å². The van der Waals surface area contributed by atoms with E-state index in [4.69, 9.17) is 11.6 Å². The highest BCUT2D eigenvalue weighted by atomic mass is 35.5. The van der Waals surface area contributed by atoms with E-state index in [0.717, 1.165) is 12.0 Å². The van der Waals surface area contributed by atoms with Gasteiger partial charge in [0, 0.05) is 25.2 Å². The third-order valence-electron chi connectivity index (χ3n) is 3.20. The summed E-state index contributed by atoms with van der Waals surface area (Å²) in [5, 5.41) is 0.106. The molecule has 0 atom stereocenters. The first-order chi connectivity index (χ1) is 8.35. The second-order valence-corrected chi connectivity index (χ2v) is 7.54. The van der Waals surface area contributed by atoms with E-state index in [9.17, 15) is 8.42 Å². The van der Waals surface area contributed by atoms with Gasteiger partial charge in [0.1, 0.15) is 0 Å². The van der Waals surface area contributed by atoms with Crippen molar-refractivity contribution in [2.24, 2.45) is 5.41 Å². The van der Waals surface area contributed by atoms with Crippen molar-refractivity contribution in [3.63, 3.8) is 0 Å². The van der Waals surface area contributed by atoms with Crippen LogP contribution >= 0.6 is 11.6 Å². The van der Waals surface area contributed by atoms with Gasteiger partial charge in [0.25, 0.3) is 10.0 Å². The van der Waals surface area contributed by atoms with Gasteiger partial charge in [-0.2, -0.15) is 4.31 Å². The number of alkyl halides is 1. The van der Waals surface area contributed by atoms with Crippen LogP contribution in [0.3, 0.4) is 0 Å². The van der Waals surface area contributed by atoms with Crippen LogP contribution in [0.4, 0.5) is 0 Å². The van der Waals surface area contributed by atoms with Crippen LogP contribution < -0.4 is 0 Å². The minimum Gasteiger partial charge on any atom is -0.243 e. The van der Waals surface area contributed by atoms with Crippen LogP contribution in [0.1, 0.15) is 25.8 Å². The highest BCUT2D eigenvalue weighted by Crippen LogP contribution is 2.32. The zero-order valence-corrected chi connectivity index (χ0v) is 12.1. The minimum atomic E-state index is -3.46. The highest BCUT2D eigenvalue weighted by Gasteiger charge is 2.37. The number of aromatic nitrogens is 1. The van der Waals surface area contributed by atoms with E-state index in [-0.39, 0.29) is 10.4 Å². The van der Waals surface area contributed by atoms with Crippen LogP contribution in [0.5, 0.6) is 0 Å². The van der Waals surface area contributed by atoms with Crippen molar-refractivity contribution >= 4 is 21.6 Å². The lowest BCUT2D eigenvalue weighted by Crippen LogP contribution is -2.31. The lowest BCUT2D eigenvalue weighted by atomic mass is 9.93. The van der Waals surface area contributed by atoms with Crippen molar-refractivity contribution in [3.05, 3.63) is 23.9 Å². The molecule has 18 heavy (non-hydrogen) atoms. The maximum atomic E-state index is 12.4. The molecule has 0 unspecified atom stereocenters. The predicted octanol–water partition coefficient (Wildman–Crippen LogP) is 2.24. The Kier molecular flexibility index (Phi) is 3.67. The predicted molar refractivity (Wildman–Crippen MR) is 71.0 cm³/mol. The Labute approximate surface area is 113 Å². The molecule has 1 saturated heterocycles. The number of hydrogen-bond donors (Lipinski definition) is 0. The van der Waals surface area contributed by atoms with E-state index in [2.05, 4.69) is 18.8 Å². The molecule has 0 aliphatic carbocycles. The summed E-state index contributed by atoms with van der Waals surface area (Å²) in [5.74, 6) is 0.337. The first-order valence-electron chi connectivity index (χ1n) is 5.86. The smallest absolute Gasteiger partial charge is 0.243 e. The Balaban J connectivity index is 2.25. The molecule has 0 N–H and O–H groups in total. The summed E-state index contributed by atoms with van der Waals surface area (Å²) in [6.07, 6.45) is 2.40. The van der Waals surface area contributed by atoms with Crippen molar-refractivity contribution < 1.29 is 8.42 Å². The Bertz CT molecular complexity index is 526. The molecule has 1 aromatic rings. The SMILES string of the molecule is CC1(C)CCN(S(=O)(=O)c2ccc(CCl)cn2)C1. The Hall–Kier alpha value is -0.650. The van der Waals surface area contributed by atoms with Crippen molar-refractivity contribution in [3.8, 4) is 0 Å². The molecular formula is C12H17ClN2O2S. The molecule has 0 bridgehead atoms. The summed E-state index contributed by atoms with van der Waals surface area (Å²) >= 11 is 5.66. The molecule has 1 aromatic heterocycles. The maximum Gasteiger partial charge on any atom is 0.260 e. The largest absolute Gasteiger partial charge is 0.260 e. The normalized spacial score (nSPS) is 20.2. The van der Waals surface area contributed by atoms with Gasteiger partial charge < -0.3 is 0 Å². The van der Waals surface area contributed by atoms with E-state index < -0.39 is 10.0 Å². The summed E-state index contributed by atoms with van der Waals surface area (Å²) in [7, 11) is -3.46. The van der Waals surface area contributed by atoms with Gasteiger partial charge in [0.05, 0.1) is 0 Å². The summed E-state index contributed by atoms with van der Waals surface area (Å²) in [5.41, 5.74) is 0.862. The molecule has 0 amide bonds. The first-order valence-corrected chi connectivity index (χ1v) is 7.84. The number of hydrogen-bond acceptors (Lipinski definition) is 3. The highest BCUT2D eigenvalue weighted by molar-refractivity contribution is 7.89. The number of halogens is 1. The molecule has 6 heteroatoms. The number of sulfonamides is 1. The monoisotopic (exact) mass is 288 g/mol. The van der Waals surface area contributed by atoms with Crippen molar-refractivity contribution in [2.75, 3.05) is 13.1 Å². The zero-order valence-electron chi connectivity index (χ0n) is 10.6. The fraction of sp³-hybridized carbons (Fsp3) is 0.583. The topological polar surface area (TPSA) is 50.3 Å². The molecule has 0 saturated carbocycles. The second-order valence-electron chi connectivity index (χ2n) is 5.39. The lowest BCUT2D eigenvalue weighted by molar-refractivity contribution is 0.375. The quantitative estimate of drug-likeness (QED) is 0.802. The van der Waals surface area contributed by atoms with Gasteiger partial charge in [0.2, 0.25) is 0 Å². The van der Waals surface area contributed by atoms with E-state index in [1.54, 1.807) is 6.07 Å². The minimum absolute atomic E-state index is 0.0448. The van der Waals surface area contributed by atoms with Crippen LogP contribution in [-0.4, -0.2) is 30.8 Å². The first kappa shape index (κ1) is 13.8. The fourth-order valence-corrected chi connectivity index (χ4v) is 3.74. The molecule has 0 radical (unpaired) electrons. The summed E-state index contributed by atoms with van der Waals surface area (Å²) < 4.78 is 26.2. The summed E-state index contributed by atoms with van der Waals surface area (Å²) in [6.45, 7) is 5.27. The van der Waals surface area contributed by atoms with Gasteiger partial charge in [-0.3, -0.25) is 0 Å². The van der Waals surface area contributed by atoms with Gasteiger partial charge >= 0.3 is 0 Å². The average molecular weight is 289 g/mol. The third kappa shape index (κ3) is 2.68. The molecular weight excluding hydrogens is 272 g/mol. The van der Waals surface area contributed by atoms with Gasteiger partial charge in [-0.05, 0) is 23.5 Å². The van der Waals surface area contributed by atoms with Crippen LogP contribution in [0.25, 0.3) is 0 Å². The van der Waals surface area contributed by atoms with Gasteiger partial charge in [-0.1, -0.05) is 19.9 Å². The van der Waals surface area contributed by atoms with E-state index in [1.807, 2.05) is 0 Å². The van der Waals surface area contributed by atoms with Crippen molar-refractivity contribution in [2.45, 2.75) is 31.2 Å². The molecule has 4 nitrogen and oxygen atoms in total. The molecule has 1 aliphatic rings. The summed E-state index contributed by atoms with van der Waals surface area (Å²) in [4.78, 5) is 4.00. The van der Waals surface area contributed by atoms with Crippen molar-refractivity contribution in [1.29, 1.82) is 0 Å². The molecule has 0 spiro atoms. The molecule has 1 aliphatic heterocycles.